The minimum atomic E-state index is -4.46. The van der Waals surface area contributed by atoms with Gasteiger partial charge in [-0.25, -0.2) is 9.97 Å². The van der Waals surface area contributed by atoms with Gasteiger partial charge in [0, 0.05) is 18.7 Å². The van der Waals surface area contributed by atoms with Crippen LogP contribution in [-0.2, 0) is 12.6 Å². The van der Waals surface area contributed by atoms with Crippen molar-refractivity contribution in [2.45, 2.75) is 19.5 Å². The largest absolute Gasteiger partial charge is 0.439 e. The fraction of sp³-hybridized carbons (Fsp3) is 0.188. The fourth-order valence-corrected chi connectivity index (χ4v) is 2.07. The zero-order valence-corrected chi connectivity index (χ0v) is 12.4. The van der Waals surface area contributed by atoms with Crippen molar-refractivity contribution in [2.75, 3.05) is 0 Å². The second-order valence-corrected chi connectivity index (χ2v) is 4.85. The normalized spacial score (nSPS) is 11.5. The van der Waals surface area contributed by atoms with E-state index in [0.29, 0.717) is 29.6 Å². The highest BCUT2D eigenvalue weighted by molar-refractivity contribution is 5.85. The van der Waals surface area contributed by atoms with Crippen LogP contribution in [0.3, 0.4) is 0 Å². The number of rotatable bonds is 3. The van der Waals surface area contributed by atoms with E-state index in [1.54, 1.807) is 0 Å². The molecule has 0 atom stereocenters. The summed E-state index contributed by atoms with van der Waals surface area (Å²) < 4.78 is 48.6. The second-order valence-electron chi connectivity index (χ2n) is 4.85. The molecular formula is C16H10F3N3O2. The van der Waals surface area contributed by atoms with E-state index in [1.165, 1.54) is 12.1 Å². The summed E-state index contributed by atoms with van der Waals surface area (Å²) in [5.41, 5.74) is 0.0332. The van der Waals surface area contributed by atoms with Crippen molar-refractivity contribution in [3.8, 4) is 17.7 Å². The Morgan fingerprint density at radius 2 is 2.04 bits per heavy atom. The van der Waals surface area contributed by atoms with Crippen LogP contribution in [0, 0.1) is 11.3 Å². The highest BCUT2D eigenvalue weighted by atomic mass is 19.4. The summed E-state index contributed by atoms with van der Waals surface area (Å²) in [4.78, 5) is 7.89. The highest BCUT2D eigenvalue weighted by Gasteiger charge is 2.30. The molecule has 0 aliphatic rings. The van der Waals surface area contributed by atoms with Gasteiger partial charge in [0.15, 0.2) is 22.7 Å². The minimum Gasteiger partial charge on any atom is -0.439 e. The van der Waals surface area contributed by atoms with Gasteiger partial charge in [0.05, 0.1) is 11.1 Å². The Hall–Kier alpha value is -3.08. The van der Waals surface area contributed by atoms with Crippen LogP contribution in [0.5, 0.6) is 11.6 Å². The maximum Gasteiger partial charge on any atom is 0.417 e. The predicted molar refractivity (Wildman–Crippen MR) is 77.4 cm³/mol. The Morgan fingerprint density at radius 1 is 1.25 bits per heavy atom. The number of alkyl halides is 3. The van der Waals surface area contributed by atoms with Crippen LogP contribution in [0.25, 0.3) is 11.1 Å². The molecule has 0 aliphatic heterocycles. The lowest BCUT2D eigenvalue weighted by Gasteiger charge is -2.08. The van der Waals surface area contributed by atoms with Crippen molar-refractivity contribution in [1.29, 1.82) is 5.26 Å². The summed E-state index contributed by atoms with van der Waals surface area (Å²) in [6, 6.07) is 6.98. The standard InChI is InChI=1S/C16H10F3N3O2/c1-2-12-22-14-11(5-3-9(7-20)15(14)24-12)23-13-6-4-10(8-21-13)16(17,18)19/h3-6,8H,2H2,1H3. The van der Waals surface area contributed by atoms with Gasteiger partial charge < -0.3 is 9.15 Å². The number of nitriles is 1. The van der Waals surface area contributed by atoms with Gasteiger partial charge in [-0.3, -0.25) is 0 Å². The topological polar surface area (TPSA) is 71.9 Å². The summed E-state index contributed by atoms with van der Waals surface area (Å²) in [7, 11) is 0. The number of pyridine rings is 1. The van der Waals surface area contributed by atoms with E-state index in [-0.39, 0.29) is 17.2 Å². The average Bonchev–Trinajstić information content (AvgIpc) is 2.99. The van der Waals surface area contributed by atoms with Gasteiger partial charge in [0.2, 0.25) is 5.88 Å². The highest BCUT2D eigenvalue weighted by Crippen LogP contribution is 2.33. The minimum absolute atomic E-state index is 0.0185. The number of hydrogen-bond acceptors (Lipinski definition) is 5. The number of hydrogen-bond donors (Lipinski definition) is 0. The third kappa shape index (κ3) is 2.88. The lowest BCUT2D eigenvalue weighted by Crippen LogP contribution is -2.05. The first kappa shape index (κ1) is 15.8. The molecule has 122 valence electrons. The zero-order valence-electron chi connectivity index (χ0n) is 12.4. The molecular weight excluding hydrogens is 323 g/mol. The summed E-state index contributed by atoms with van der Waals surface area (Å²) in [5, 5.41) is 9.11. The van der Waals surface area contributed by atoms with Crippen molar-refractivity contribution < 1.29 is 22.3 Å². The van der Waals surface area contributed by atoms with E-state index in [2.05, 4.69) is 9.97 Å². The fourth-order valence-electron chi connectivity index (χ4n) is 2.07. The molecule has 1 aromatic carbocycles. The van der Waals surface area contributed by atoms with E-state index >= 15 is 0 Å². The molecule has 3 aromatic rings. The van der Waals surface area contributed by atoms with Gasteiger partial charge in [-0.05, 0) is 18.2 Å². The molecule has 0 radical (unpaired) electrons. The molecule has 24 heavy (non-hydrogen) atoms. The van der Waals surface area contributed by atoms with Crippen molar-refractivity contribution in [2.24, 2.45) is 0 Å². The molecule has 0 unspecified atom stereocenters. The van der Waals surface area contributed by atoms with E-state index in [0.717, 1.165) is 12.1 Å². The summed E-state index contributed by atoms with van der Waals surface area (Å²) in [5.74, 6) is 0.660. The molecule has 8 heteroatoms. The molecule has 0 amide bonds. The van der Waals surface area contributed by atoms with Gasteiger partial charge in [-0.2, -0.15) is 18.4 Å². The van der Waals surface area contributed by atoms with Crippen molar-refractivity contribution in [1.82, 2.24) is 9.97 Å². The lowest BCUT2D eigenvalue weighted by molar-refractivity contribution is -0.137. The smallest absolute Gasteiger partial charge is 0.417 e. The monoisotopic (exact) mass is 333 g/mol. The molecule has 0 aliphatic carbocycles. The number of ether oxygens (including phenoxy) is 1. The molecule has 2 heterocycles. The Labute approximate surface area is 134 Å². The van der Waals surface area contributed by atoms with E-state index in [9.17, 15) is 13.2 Å². The number of oxazole rings is 1. The van der Waals surface area contributed by atoms with E-state index in [4.69, 9.17) is 14.4 Å². The van der Waals surface area contributed by atoms with Gasteiger partial charge in [0.1, 0.15) is 6.07 Å². The third-order valence-corrected chi connectivity index (χ3v) is 3.25. The molecule has 5 nitrogen and oxygen atoms in total. The molecule has 0 bridgehead atoms. The molecule has 0 fully saturated rings. The van der Waals surface area contributed by atoms with Crippen molar-refractivity contribution in [3.05, 3.63) is 47.5 Å². The molecule has 0 spiro atoms. The van der Waals surface area contributed by atoms with Crippen LogP contribution in [0.2, 0.25) is 0 Å². The maximum absolute atomic E-state index is 12.5. The summed E-state index contributed by atoms with van der Waals surface area (Å²) in [6.45, 7) is 1.84. The number of benzene rings is 1. The average molecular weight is 333 g/mol. The Morgan fingerprint density at radius 3 is 2.62 bits per heavy atom. The van der Waals surface area contributed by atoms with Crippen LogP contribution >= 0.6 is 0 Å². The van der Waals surface area contributed by atoms with Gasteiger partial charge in [0.25, 0.3) is 0 Å². The summed E-state index contributed by atoms with van der Waals surface area (Å²) in [6.07, 6.45) is -3.25. The first-order valence-corrected chi connectivity index (χ1v) is 6.96. The third-order valence-electron chi connectivity index (χ3n) is 3.25. The number of fused-ring (bicyclic) bond motifs is 1. The predicted octanol–water partition coefficient (Wildman–Crippen LogP) is 4.47. The van der Waals surface area contributed by atoms with Crippen LogP contribution < -0.4 is 4.74 Å². The van der Waals surface area contributed by atoms with Crippen LogP contribution in [-0.4, -0.2) is 9.97 Å². The number of aromatic nitrogens is 2. The lowest BCUT2D eigenvalue weighted by atomic mass is 10.2. The first-order valence-electron chi connectivity index (χ1n) is 6.96. The van der Waals surface area contributed by atoms with Crippen LogP contribution in [0.4, 0.5) is 13.2 Å². The van der Waals surface area contributed by atoms with Crippen molar-refractivity contribution >= 4 is 11.1 Å². The van der Waals surface area contributed by atoms with E-state index in [1.807, 2.05) is 13.0 Å². The zero-order chi connectivity index (χ0) is 17.3. The maximum atomic E-state index is 12.5. The Balaban J connectivity index is 1.98. The van der Waals surface area contributed by atoms with Crippen LogP contribution in [0.1, 0.15) is 23.9 Å². The quantitative estimate of drug-likeness (QED) is 0.707. The number of halogens is 3. The van der Waals surface area contributed by atoms with Gasteiger partial charge in [-0.15, -0.1) is 0 Å². The molecule has 3 rings (SSSR count). The molecule has 0 saturated heterocycles. The van der Waals surface area contributed by atoms with Gasteiger partial charge >= 0.3 is 6.18 Å². The summed E-state index contributed by atoms with van der Waals surface area (Å²) >= 11 is 0. The first-order chi connectivity index (χ1) is 11.4. The van der Waals surface area contributed by atoms with Crippen LogP contribution in [0.15, 0.2) is 34.9 Å². The second kappa shape index (κ2) is 5.85. The molecule has 2 aromatic heterocycles. The number of aryl methyl sites for hydroxylation is 1. The number of nitrogens with zero attached hydrogens (tertiary/aromatic N) is 3. The molecule has 0 saturated carbocycles. The van der Waals surface area contributed by atoms with E-state index < -0.39 is 11.7 Å². The van der Waals surface area contributed by atoms with Crippen molar-refractivity contribution in [3.63, 3.8) is 0 Å². The Kier molecular flexibility index (Phi) is 3.85. The molecule has 0 N–H and O–H groups in total. The SMILES string of the molecule is CCc1nc2c(Oc3ccc(C(F)(F)F)cn3)ccc(C#N)c2o1. The van der Waals surface area contributed by atoms with Gasteiger partial charge in [-0.1, -0.05) is 6.92 Å². The Bertz CT molecular complexity index is 925.